The normalized spacial score (nSPS) is 19.5. The van der Waals surface area contributed by atoms with Crippen molar-refractivity contribution in [1.82, 2.24) is 15.0 Å². The zero-order valence-corrected chi connectivity index (χ0v) is 15.9. The van der Waals surface area contributed by atoms with Crippen molar-refractivity contribution in [2.75, 3.05) is 13.1 Å². The molecule has 1 aliphatic carbocycles. The second kappa shape index (κ2) is 7.06. The molecule has 1 aromatic carbocycles. The quantitative estimate of drug-likeness (QED) is 0.791. The topological polar surface area (TPSA) is 59.2 Å². The number of piperidine rings is 1. The fourth-order valence-electron chi connectivity index (χ4n) is 4.06. The molecule has 2 heterocycles. The maximum absolute atomic E-state index is 13.2. The van der Waals surface area contributed by atoms with Crippen LogP contribution in [0.5, 0.6) is 0 Å². The van der Waals surface area contributed by atoms with Crippen molar-refractivity contribution in [3.05, 3.63) is 35.9 Å². The molecule has 6 heteroatoms. The van der Waals surface area contributed by atoms with Gasteiger partial charge in [-0.25, -0.2) is 4.39 Å². The third-order valence-corrected chi connectivity index (χ3v) is 5.89. The van der Waals surface area contributed by atoms with Crippen molar-refractivity contribution in [1.29, 1.82) is 0 Å². The number of rotatable bonds is 5. The van der Waals surface area contributed by atoms with Crippen LogP contribution in [0.4, 0.5) is 4.39 Å². The molecule has 4 rings (SSSR count). The van der Waals surface area contributed by atoms with Crippen LogP contribution >= 0.6 is 0 Å². The molecule has 0 atom stereocenters. The van der Waals surface area contributed by atoms with E-state index in [9.17, 15) is 9.18 Å². The summed E-state index contributed by atoms with van der Waals surface area (Å²) in [6.45, 7) is 5.37. The van der Waals surface area contributed by atoms with Crippen molar-refractivity contribution >= 4 is 5.91 Å². The molecule has 1 saturated carbocycles. The Labute approximate surface area is 158 Å². The van der Waals surface area contributed by atoms with E-state index in [4.69, 9.17) is 4.52 Å². The van der Waals surface area contributed by atoms with E-state index < -0.39 is 0 Å². The Hall–Kier alpha value is -2.24. The molecule has 27 heavy (non-hydrogen) atoms. The number of amides is 1. The molecule has 0 spiro atoms. The minimum absolute atomic E-state index is 0.0242. The number of hydrogen-bond donors (Lipinski definition) is 0. The standard InChI is InChI=1S/C21H26FN3O2/c1-14(2)19(26)25-11-9-21(10-12-25,13-15-3-4-15)20-23-18(27-24-20)16-5-7-17(22)8-6-16/h5-8,14-15H,3-4,9-13H2,1-2H3. The lowest BCUT2D eigenvalue weighted by atomic mass is 9.73. The van der Waals surface area contributed by atoms with E-state index in [2.05, 4.69) is 10.1 Å². The van der Waals surface area contributed by atoms with Crippen molar-refractivity contribution in [2.45, 2.75) is 51.4 Å². The highest BCUT2D eigenvalue weighted by atomic mass is 19.1. The number of hydrogen-bond acceptors (Lipinski definition) is 4. The average molecular weight is 371 g/mol. The lowest BCUT2D eigenvalue weighted by molar-refractivity contribution is -0.136. The van der Waals surface area contributed by atoms with Gasteiger partial charge in [-0.05, 0) is 49.4 Å². The van der Waals surface area contributed by atoms with Crippen LogP contribution in [-0.2, 0) is 10.2 Å². The number of nitrogens with zero attached hydrogens (tertiary/aromatic N) is 3. The average Bonchev–Trinajstić information content (AvgIpc) is 3.33. The predicted octanol–water partition coefficient (Wildman–Crippen LogP) is 4.19. The van der Waals surface area contributed by atoms with Crippen LogP contribution < -0.4 is 0 Å². The third kappa shape index (κ3) is 3.75. The molecule has 2 fully saturated rings. The zero-order chi connectivity index (χ0) is 19.0. The number of carbonyl (C=O) groups is 1. The summed E-state index contributed by atoms with van der Waals surface area (Å²) in [5, 5.41) is 4.31. The summed E-state index contributed by atoms with van der Waals surface area (Å²) >= 11 is 0. The van der Waals surface area contributed by atoms with Crippen molar-refractivity contribution in [3.8, 4) is 11.5 Å². The summed E-state index contributed by atoms with van der Waals surface area (Å²) in [5.74, 6) is 1.86. The van der Waals surface area contributed by atoms with E-state index >= 15 is 0 Å². The van der Waals surface area contributed by atoms with Gasteiger partial charge in [-0.15, -0.1) is 0 Å². The molecular weight excluding hydrogens is 345 g/mol. The highest BCUT2D eigenvalue weighted by molar-refractivity contribution is 5.78. The van der Waals surface area contributed by atoms with Crippen molar-refractivity contribution < 1.29 is 13.7 Å². The van der Waals surface area contributed by atoms with Crippen LogP contribution in [-0.4, -0.2) is 34.0 Å². The predicted molar refractivity (Wildman–Crippen MR) is 99.4 cm³/mol. The van der Waals surface area contributed by atoms with Gasteiger partial charge >= 0.3 is 0 Å². The molecule has 1 amide bonds. The number of carbonyl (C=O) groups excluding carboxylic acids is 1. The molecule has 2 aliphatic rings. The van der Waals surface area contributed by atoms with Crippen LogP contribution in [0.3, 0.4) is 0 Å². The summed E-state index contributed by atoms with van der Waals surface area (Å²) in [6, 6.07) is 6.11. The SMILES string of the molecule is CC(C)C(=O)N1CCC(CC2CC2)(c2noc(-c3ccc(F)cc3)n2)CC1. The van der Waals surface area contributed by atoms with Gasteiger partial charge in [-0.1, -0.05) is 31.8 Å². The summed E-state index contributed by atoms with van der Waals surface area (Å²) in [5.41, 5.74) is 0.598. The molecule has 2 aromatic rings. The Morgan fingerprint density at radius 1 is 1.26 bits per heavy atom. The van der Waals surface area contributed by atoms with Gasteiger partial charge in [0.25, 0.3) is 5.89 Å². The first-order valence-electron chi connectivity index (χ1n) is 9.86. The summed E-state index contributed by atoms with van der Waals surface area (Å²) in [7, 11) is 0. The largest absolute Gasteiger partial charge is 0.342 e. The lowest BCUT2D eigenvalue weighted by Gasteiger charge is -2.40. The van der Waals surface area contributed by atoms with Gasteiger partial charge in [-0.2, -0.15) is 4.98 Å². The van der Waals surface area contributed by atoms with Gasteiger partial charge < -0.3 is 9.42 Å². The van der Waals surface area contributed by atoms with Crippen LogP contribution in [0.25, 0.3) is 11.5 Å². The molecule has 1 aromatic heterocycles. The number of aromatic nitrogens is 2. The fraction of sp³-hybridized carbons (Fsp3) is 0.571. The molecule has 1 saturated heterocycles. The molecule has 5 nitrogen and oxygen atoms in total. The fourth-order valence-corrected chi connectivity index (χ4v) is 4.06. The molecule has 0 N–H and O–H groups in total. The van der Waals surface area contributed by atoms with Gasteiger partial charge in [0.15, 0.2) is 5.82 Å². The van der Waals surface area contributed by atoms with Crippen molar-refractivity contribution in [2.24, 2.45) is 11.8 Å². The second-order valence-corrected chi connectivity index (χ2v) is 8.34. The minimum atomic E-state index is -0.286. The van der Waals surface area contributed by atoms with Crippen molar-refractivity contribution in [3.63, 3.8) is 0 Å². The maximum Gasteiger partial charge on any atom is 0.257 e. The Kier molecular flexibility index (Phi) is 4.74. The molecule has 1 aliphatic heterocycles. The molecule has 0 bridgehead atoms. The monoisotopic (exact) mass is 371 g/mol. The Morgan fingerprint density at radius 2 is 1.93 bits per heavy atom. The van der Waals surface area contributed by atoms with E-state index in [0.717, 1.165) is 49.7 Å². The highest BCUT2D eigenvalue weighted by Crippen LogP contribution is 2.46. The van der Waals surface area contributed by atoms with Gasteiger partial charge in [-0.3, -0.25) is 4.79 Å². The number of benzene rings is 1. The van der Waals surface area contributed by atoms with Gasteiger partial charge in [0.05, 0.1) is 0 Å². The first-order chi connectivity index (χ1) is 13.0. The second-order valence-electron chi connectivity index (χ2n) is 8.34. The highest BCUT2D eigenvalue weighted by Gasteiger charge is 2.44. The van der Waals surface area contributed by atoms with Crippen LogP contribution in [0.15, 0.2) is 28.8 Å². The Balaban J connectivity index is 1.56. The Bertz CT molecular complexity index is 803. The third-order valence-electron chi connectivity index (χ3n) is 5.89. The summed E-state index contributed by atoms with van der Waals surface area (Å²) in [6.07, 6.45) is 5.31. The molecule has 0 radical (unpaired) electrons. The smallest absolute Gasteiger partial charge is 0.257 e. The number of likely N-dealkylation sites (tertiary alicyclic amines) is 1. The van der Waals surface area contributed by atoms with E-state index in [1.165, 1.54) is 25.0 Å². The number of halogens is 1. The van der Waals surface area contributed by atoms with Gasteiger partial charge in [0, 0.05) is 30.0 Å². The first-order valence-corrected chi connectivity index (χ1v) is 9.86. The molecule has 144 valence electrons. The lowest BCUT2D eigenvalue weighted by Crippen LogP contribution is -2.47. The summed E-state index contributed by atoms with van der Waals surface area (Å²) < 4.78 is 18.7. The van der Waals surface area contributed by atoms with E-state index in [1.54, 1.807) is 12.1 Å². The minimum Gasteiger partial charge on any atom is -0.342 e. The van der Waals surface area contributed by atoms with Gasteiger partial charge in [0.1, 0.15) is 5.82 Å². The van der Waals surface area contributed by atoms with E-state index in [1.807, 2.05) is 18.7 Å². The summed E-state index contributed by atoms with van der Waals surface area (Å²) in [4.78, 5) is 19.0. The van der Waals surface area contributed by atoms with Crippen LogP contribution in [0, 0.1) is 17.7 Å². The maximum atomic E-state index is 13.2. The Morgan fingerprint density at radius 3 is 2.52 bits per heavy atom. The van der Waals surface area contributed by atoms with E-state index in [-0.39, 0.29) is 23.1 Å². The van der Waals surface area contributed by atoms with Gasteiger partial charge in [0.2, 0.25) is 5.91 Å². The van der Waals surface area contributed by atoms with Crippen LogP contribution in [0.2, 0.25) is 0 Å². The molecular formula is C21H26FN3O2. The van der Waals surface area contributed by atoms with Crippen LogP contribution in [0.1, 0.15) is 51.8 Å². The first kappa shape index (κ1) is 18.1. The van der Waals surface area contributed by atoms with E-state index in [0.29, 0.717) is 5.89 Å². The zero-order valence-electron chi connectivity index (χ0n) is 15.9. The molecule has 0 unspecified atom stereocenters.